The van der Waals surface area contributed by atoms with Crippen LogP contribution in [0.15, 0.2) is 42.5 Å². The van der Waals surface area contributed by atoms with Crippen LogP contribution in [0.5, 0.6) is 0 Å². The second-order valence-electron chi connectivity index (χ2n) is 5.27. The molecule has 1 aliphatic rings. The molecule has 2 N–H and O–H groups in total. The van der Waals surface area contributed by atoms with Crippen molar-refractivity contribution < 1.29 is 9.59 Å². The van der Waals surface area contributed by atoms with Gasteiger partial charge in [0.25, 0.3) is 11.8 Å². The minimum atomic E-state index is -0.331. The molecule has 2 amide bonds. The fourth-order valence-electron chi connectivity index (χ4n) is 2.66. The van der Waals surface area contributed by atoms with Gasteiger partial charge in [0, 0.05) is 11.7 Å². The second-order valence-corrected chi connectivity index (χ2v) is 5.27. The highest BCUT2D eigenvalue weighted by atomic mass is 16.2. The number of nitrogens with one attached hydrogen (secondary N) is 2. The van der Waals surface area contributed by atoms with Gasteiger partial charge in [0.15, 0.2) is 0 Å². The monoisotopic (exact) mass is 280 g/mol. The molecule has 106 valence electrons. The number of rotatable bonds is 3. The van der Waals surface area contributed by atoms with Gasteiger partial charge in [-0.25, -0.2) is 0 Å². The Morgan fingerprint density at radius 2 is 1.71 bits per heavy atom. The minimum absolute atomic E-state index is 0.115. The summed E-state index contributed by atoms with van der Waals surface area (Å²) in [4.78, 5) is 23.2. The first kappa shape index (κ1) is 13.4. The van der Waals surface area contributed by atoms with Crippen LogP contribution in [0.4, 0.5) is 5.69 Å². The van der Waals surface area contributed by atoms with E-state index < -0.39 is 0 Å². The molecule has 0 fully saturated rings. The summed E-state index contributed by atoms with van der Waals surface area (Å²) < 4.78 is 0. The first-order valence-corrected chi connectivity index (χ1v) is 6.88. The molecule has 0 bridgehead atoms. The number of carbonyl (C=O) groups is 2. The van der Waals surface area contributed by atoms with Gasteiger partial charge in [0.05, 0.1) is 11.1 Å². The quantitative estimate of drug-likeness (QED) is 0.850. The normalized spacial score (nSPS) is 14.6. The highest BCUT2D eigenvalue weighted by molar-refractivity contribution is 6.21. The van der Waals surface area contributed by atoms with E-state index in [-0.39, 0.29) is 17.9 Å². The third-order valence-electron chi connectivity index (χ3n) is 3.77. The summed E-state index contributed by atoms with van der Waals surface area (Å²) in [5.74, 6) is -0.657. The SMILES string of the molecule is Cc1ccccc1C(C)Nc1ccc2c(c1)C(=O)NC2=O. The van der Waals surface area contributed by atoms with E-state index >= 15 is 0 Å². The lowest BCUT2D eigenvalue weighted by Crippen LogP contribution is -2.19. The predicted octanol–water partition coefficient (Wildman–Crippen LogP) is 3.05. The lowest BCUT2D eigenvalue weighted by atomic mass is 10.0. The first-order chi connectivity index (χ1) is 10.1. The van der Waals surface area contributed by atoms with Crippen molar-refractivity contribution in [3.8, 4) is 0 Å². The standard InChI is InChI=1S/C17H16N2O2/c1-10-5-3-4-6-13(10)11(2)18-12-7-8-14-15(9-12)17(21)19-16(14)20/h3-9,11,18H,1-2H3,(H,19,20,21). The molecule has 0 saturated carbocycles. The summed E-state index contributed by atoms with van der Waals surface area (Å²) in [7, 11) is 0. The van der Waals surface area contributed by atoms with E-state index in [1.807, 2.05) is 18.2 Å². The molecule has 4 heteroatoms. The van der Waals surface area contributed by atoms with Crippen molar-refractivity contribution in [1.29, 1.82) is 0 Å². The van der Waals surface area contributed by atoms with Crippen LogP contribution in [-0.2, 0) is 0 Å². The molecule has 1 heterocycles. The Balaban J connectivity index is 1.86. The molecular weight excluding hydrogens is 264 g/mol. The Kier molecular flexibility index (Phi) is 3.22. The van der Waals surface area contributed by atoms with Gasteiger partial charge in [-0.15, -0.1) is 0 Å². The van der Waals surface area contributed by atoms with Crippen LogP contribution in [0, 0.1) is 6.92 Å². The van der Waals surface area contributed by atoms with Gasteiger partial charge in [-0.1, -0.05) is 24.3 Å². The molecule has 21 heavy (non-hydrogen) atoms. The number of fused-ring (bicyclic) bond motifs is 1. The number of imide groups is 1. The molecular formula is C17H16N2O2. The van der Waals surface area contributed by atoms with Crippen LogP contribution >= 0.6 is 0 Å². The summed E-state index contributed by atoms with van der Waals surface area (Å²) in [6.07, 6.45) is 0. The third-order valence-corrected chi connectivity index (χ3v) is 3.77. The Labute approximate surface area is 123 Å². The van der Waals surface area contributed by atoms with Crippen molar-refractivity contribution >= 4 is 17.5 Å². The van der Waals surface area contributed by atoms with Gasteiger partial charge in [-0.2, -0.15) is 0 Å². The fourth-order valence-corrected chi connectivity index (χ4v) is 2.66. The molecule has 0 radical (unpaired) electrons. The number of amides is 2. The number of hydrogen-bond acceptors (Lipinski definition) is 3. The smallest absolute Gasteiger partial charge is 0.259 e. The van der Waals surface area contributed by atoms with Crippen molar-refractivity contribution in [3.05, 3.63) is 64.7 Å². The zero-order valence-corrected chi connectivity index (χ0v) is 11.9. The van der Waals surface area contributed by atoms with Crippen molar-refractivity contribution in [2.45, 2.75) is 19.9 Å². The van der Waals surface area contributed by atoms with Gasteiger partial charge in [0.1, 0.15) is 0 Å². The molecule has 4 nitrogen and oxygen atoms in total. The van der Waals surface area contributed by atoms with Crippen LogP contribution in [0.2, 0.25) is 0 Å². The molecule has 2 aromatic rings. The fraction of sp³-hybridized carbons (Fsp3) is 0.176. The van der Waals surface area contributed by atoms with Crippen LogP contribution in [-0.4, -0.2) is 11.8 Å². The van der Waals surface area contributed by atoms with Crippen LogP contribution in [0.25, 0.3) is 0 Å². The molecule has 1 unspecified atom stereocenters. The van der Waals surface area contributed by atoms with Crippen LogP contribution in [0.3, 0.4) is 0 Å². The number of carbonyl (C=O) groups excluding carboxylic acids is 2. The Hall–Kier alpha value is -2.62. The van der Waals surface area contributed by atoms with E-state index in [1.54, 1.807) is 12.1 Å². The average molecular weight is 280 g/mol. The van der Waals surface area contributed by atoms with E-state index in [9.17, 15) is 9.59 Å². The molecule has 3 rings (SSSR count). The Morgan fingerprint density at radius 1 is 1.00 bits per heavy atom. The Bertz CT molecular complexity index is 737. The van der Waals surface area contributed by atoms with Gasteiger partial charge < -0.3 is 5.32 Å². The zero-order chi connectivity index (χ0) is 15.0. The van der Waals surface area contributed by atoms with E-state index in [4.69, 9.17) is 0 Å². The first-order valence-electron chi connectivity index (χ1n) is 6.88. The number of hydrogen-bond donors (Lipinski definition) is 2. The maximum absolute atomic E-state index is 11.7. The van der Waals surface area contributed by atoms with Crippen molar-refractivity contribution in [3.63, 3.8) is 0 Å². The van der Waals surface area contributed by atoms with Crippen LogP contribution < -0.4 is 10.6 Å². The minimum Gasteiger partial charge on any atom is -0.378 e. The van der Waals surface area contributed by atoms with Crippen LogP contribution in [0.1, 0.15) is 44.8 Å². The van der Waals surface area contributed by atoms with Gasteiger partial charge in [-0.3, -0.25) is 14.9 Å². The summed E-state index contributed by atoms with van der Waals surface area (Å²) >= 11 is 0. The largest absolute Gasteiger partial charge is 0.378 e. The topological polar surface area (TPSA) is 58.2 Å². The lowest BCUT2D eigenvalue weighted by Gasteiger charge is -2.18. The molecule has 0 aliphatic carbocycles. The molecule has 1 aliphatic heterocycles. The Morgan fingerprint density at radius 3 is 2.48 bits per heavy atom. The molecule has 0 spiro atoms. The maximum Gasteiger partial charge on any atom is 0.259 e. The zero-order valence-electron chi connectivity index (χ0n) is 11.9. The number of benzene rings is 2. The van der Waals surface area contributed by atoms with E-state index in [0.29, 0.717) is 11.1 Å². The van der Waals surface area contributed by atoms with Crippen molar-refractivity contribution in [1.82, 2.24) is 5.32 Å². The summed E-state index contributed by atoms with van der Waals surface area (Å²) in [5.41, 5.74) is 4.12. The third kappa shape index (κ3) is 2.40. The second kappa shape index (κ2) is 5.05. The molecule has 0 aromatic heterocycles. The molecule has 1 atom stereocenters. The van der Waals surface area contributed by atoms with Crippen molar-refractivity contribution in [2.75, 3.05) is 5.32 Å². The van der Waals surface area contributed by atoms with Gasteiger partial charge in [-0.05, 0) is 43.2 Å². The predicted molar refractivity (Wildman–Crippen MR) is 81.5 cm³/mol. The van der Waals surface area contributed by atoms with Gasteiger partial charge in [0.2, 0.25) is 0 Å². The highest BCUT2D eigenvalue weighted by Gasteiger charge is 2.26. The lowest BCUT2D eigenvalue weighted by molar-refractivity contribution is 0.0879. The van der Waals surface area contributed by atoms with Crippen molar-refractivity contribution in [2.24, 2.45) is 0 Å². The highest BCUT2D eigenvalue weighted by Crippen LogP contribution is 2.25. The summed E-state index contributed by atoms with van der Waals surface area (Å²) in [6, 6.07) is 13.5. The number of anilines is 1. The molecule has 0 saturated heterocycles. The summed E-state index contributed by atoms with van der Waals surface area (Å²) in [5, 5.41) is 5.67. The van der Waals surface area contributed by atoms with E-state index in [1.165, 1.54) is 11.1 Å². The van der Waals surface area contributed by atoms with E-state index in [2.05, 4.69) is 36.6 Å². The van der Waals surface area contributed by atoms with E-state index in [0.717, 1.165) is 5.69 Å². The maximum atomic E-state index is 11.7. The number of aryl methyl sites for hydroxylation is 1. The summed E-state index contributed by atoms with van der Waals surface area (Å²) in [6.45, 7) is 4.14. The van der Waals surface area contributed by atoms with Gasteiger partial charge >= 0.3 is 0 Å². The average Bonchev–Trinajstić information content (AvgIpc) is 2.74. The molecule has 2 aromatic carbocycles.